The highest BCUT2D eigenvalue weighted by molar-refractivity contribution is 6.31. The van der Waals surface area contributed by atoms with Gasteiger partial charge in [-0.05, 0) is 31.6 Å². The molecular weight excluding hydrogens is 255 g/mol. The van der Waals surface area contributed by atoms with Crippen LogP contribution in [0.4, 0.5) is 4.39 Å². The number of aliphatic hydroxyl groups is 1. The quantitative estimate of drug-likeness (QED) is 0.881. The van der Waals surface area contributed by atoms with Crippen molar-refractivity contribution in [3.63, 3.8) is 0 Å². The van der Waals surface area contributed by atoms with Gasteiger partial charge in [0.2, 0.25) is 0 Å². The number of β-amino-alcohol motifs (C(OH)–C–C–N with tert-alkyl or cyclic N) is 1. The molecule has 0 radical (unpaired) electrons. The van der Waals surface area contributed by atoms with Crippen LogP contribution >= 0.6 is 11.6 Å². The molecule has 0 aromatic heterocycles. The lowest BCUT2D eigenvalue weighted by Crippen LogP contribution is -2.32. The molecule has 2 rings (SSSR count). The van der Waals surface area contributed by atoms with Crippen LogP contribution in [0, 0.1) is 5.82 Å². The SMILES string of the molecule is OC(CN1CCCNCC1)c1c(F)cccc1Cl. The zero-order valence-electron chi connectivity index (χ0n) is 10.2. The summed E-state index contributed by atoms with van der Waals surface area (Å²) in [5, 5.41) is 13.7. The summed E-state index contributed by atoms with van der Waals surface area (Å²) in [5.74, 6) is -0.442. The van der Waals surface area contributed by atoms with Gasteiger partial charge in [-0.1, -0.05) is 17.7 Å². The number of hydrogen-bond acceptors (Lipinski definition) is 3. The van der Waals surface area contributed by atoms with Gasteiger partial charge in [0.05, 0.1) is 6.10 Å². The van der Waals surface area contributed by atoms with Gasteiger partial charge in [-0.25, -0.2) is 4.39 Å². The van der Waals surface area contributed by atoms with Crippen molar-refractivity contribution in [2.24, 2.45) is 0 Å². The zero-order valence-corrected chi connectivity index (χ0v) is 11.0. The molecule has 1 saturated heterocycles. The highest BCUT2D eigenvalue weighted by Crippen LogP contribution is 2.26. The summed E-state index contributed by atoms with van der Waals surface area (Å²) in [4.78, 5) is 2.13. The van der Waals surface area contributed by atoms with Crippen molar-refractivity contribution in [2.75, 3.05) is 32.7 Å². The topological polar surface area (TPSA) is 35.5 Å². The molecule has 1 atom stereocenters. The van der Waals surface area contributed by atoms with Crippen molar-refractivity contribution in [1.29, 1.82) is 0 Å². The van der Waals surface area contributed by atoms with Gasteiger partial charge in [0.15, 0.2) is 0 Å². The molecule has 1 aromatic carbocycles. The molecule has 0 amide bonds. The van der Waals surface area contributed by atoms with E-state index in [1.54, 1.807) is 12.1 Å². The van der Waals surface area contributed by atoms with Crippen LogP contribution in [0.3, 0.4) is 0 Å². The summed E-state index contributed by atoms with van der Waals surface area (Å²) in [6, 6.07) is 4.48. The largest absolute Gasteiger partial charge is 0.387 e. The number of aliphatic hydroxyl groups excluding tert-OH is 1. The van der Waals surface area contributed by atoms with Crippen LogP contribution in [0.1, 0.15) is 18.1 Å². The Morgan fingerprint density at radius 3 is 3.00 bits per heavy atom. The summed E-state index contributed by atoms with van der Waals surface area (Å²) in [6.07, 6.45) is 0.161. The van der Waals surface area contributed by atoms with E-state index in [1.807, 2.05) is 0 Å². The van der Waals surface area contributed by atoms with E-state index in [1.165, 1.54) is 6.07 Å². The molecule has 0 saturated carbocycles. The first-order valence-corrected chi connectivity index (χ1v) is 6.61. The van der Waals surface area contributed by atoms with Crippen LogP contribution in [0.2, 0.25) is 5.02 Å². The van der Waals surface area contributed by atoms with E-state index in [-0.39, 0.29) is 10.6 Å². The highest BCUT2D eigenvalue weighted by atomic mass is 35.5. The molecule has 3 nitrogen and oxygen atoms in total. The smallest absolute Gasteiger partial charge is 0.130 e. The number of halogens is 2. The van der Waals surface area contributed by atoms with Gasteiger partial charge in [-0.3, -0.25) is 4.90 Å². The lowest BCUT2D eigenvalue weighted by atomic mass is 10.1. The van der Waals surface area contributed by atoms with Crippen LogP contribution in [0.5, 0.6) is 0 Å². The third-order valence-corrected chi connectivity index (χ3v) is 3.53. The second kappa shape index (κ2) is 6.48. The average Bonchev–Trinajstić information content (AvgIpc) is 2.57. The first-order chi connectivity index (χ1) is 8.68. The Labute approximate surface area is 112 Å². The first kappa shape index (κ1) is 13.7. The highest BCUT2D eigenvalue weighted by Gasteiger charge is 2.20. The molecule has 18 heavy (non-hydrogen) atoms. The van der Waals surface area contributed by atoms with Gasteiger partial charge in [0.25, 0.3) is 0 Å². The monoisotopic (exact) mass is 272 g/mol. The summed E-state index contributed by atoms with van der Waals surface area (Å²) < 4.78 is 13.7. The second-order valence-electron chi connectivity index (χ2n) is 4.56. The van der Waals surface area contributed by atoms with E-state index >= 15 is 0 Å². The molecule has 1 heterocycles. The van der Waals surface area contributed by atoms with Gasteiger partial charge in [0.1, 0.15) is 5.82 Å². The van der Waals surface area contributed by atoms with Crippen LogP contribution in [0.15, 0.2) is 18.2 Å². The molecule has 1 aromatic rings. The lowest BCUT2D eigenvalue weighted by Gasteiger charge is -2.23. The van der Waals surface area contributed by atoms with E-state index in [2.05, 4.69) is 10.2 Å². The maximum atomic E-state index is 13.7. The molecule has 100 valence electrons. The number of hydrogen-bond donors (Lipinski definition) is 2. The minimum atomic E-state index is -0.878. The Hall–Kier alpha value is -0.680. The van der Waals surface area contributed by atoms with Crippen molar-refractivity contribution < 1.29 is 9.50 Å². The van der Waals surface area contributed by atoms with Gasteiger partial charge in [0, 0.05) is 30.2 Å². The normalized spacial score (nSPS) is 19.5. The van der Waals surface area contributed by atoms with E-state index < -0.39 is 11.9 Å². The van der Waals surface area contributed by atoms with Crippen molar-refractivity contribution in [3.05, 3.63) is 34.6 Å². The Kier molecular flexibility index (Phi) is 4.95. The molecule has 5 heteroatoms. The van der Waals surface area contributed by atoms with E-state index in [4.69, 9.17) is 11.6 Å². The van der Waals surface area contributed by atoms with Crippen molar-refractivity contribution >= 4 is 11.6 Å². The van der Waals surface area contributed by atoms with Crippen molar-refractivity contribution in [1.82, 2.24) is 10.2 Å². The molecule has 1 aliphatic rings. The van der Waals surface area contributed by atoms with Gasteiger partial charge in [-0.15, -0.1) is 0 Å². The minimum absolute atomic E-state index is 0.205. The molecule has 0 spiro atoms. The molecule has 0 bridgehead atoms. The Morgan fingerprint density at radius 1 is 1.39 bits per heavy atom. The number of benzene rings is 1. The molecule has 1 aliphatic heterocycles. The van der Waals surface area contributed by atoms with E-state index in [0.717, 1.165) is 32.6 Å². The Balaban J connectivity index is 2.04. The van der Waals surface area contributed by atoms with Crippen LogP contribution in [-0.4, -0.2) is 42.7 Å². The summed E-state index contributed by atoms with van der Waals surface area (Å²) in [5.41, 5.74) is 0.205. The fourth-order valence-electron chi connectivity index (χ4n) is 2.25. The van der Waals surface area contributed by atoms with Crippen molar-refractivity contribution in [3.8, 4) is 0 Å². The Morgan fingerprint density at radius 2 is 2.22 bits per heavy atom. The molecule has 1 unspecified atom stereocenters. The predicted octanol–water partition coefficient (Wildman–Crippen LogP) is 1.81. The fourth-order valence-corrected chi connectivity index (χ4v) is 2.54. The number of rotatable bonds is 3. The maximum Gasteiger partial charge on any atom is 0.130 e. The van der Waals surface area contributed by atoms with Crippen molar-refractivity contribution in [2.45, 2.75) is 12.5 Å². The molecular formula is C13H18ClFN2O. The second-order valence-corrected chi connectivity index (χ2v) is 4.96. The number of nitrogens with zero attached hydrogens (tertiary/aromatic N) is 1. The summed E-state index contributed by atoms with van der Waals surface area (Å²) in [6.45, 7) is 4.09. The number of nitrogens with one attached hydrogen (secondary N) is 1. The van der Waals surface area contributed by atoms with Crippen LogP contribution < -0.4 is 5.32 Å². The molecule has 2 N–H and O–H groups in total. The predicted molar refractivity (Wildman–Crippen MR) is 70.3 cm³/mol. The Bertz CT molecular complexity index is 374. The van der Waals surface area contributed by atoms with Crippen LogP contribution in [0.25, 0.3) is 0 Å². The average molecular weight is 273 g/mol. The summed E-state index contributed by atoms with van der Waals surface area (Å²) >= 11 is 5.94. The lowest BCUT2D eigenvalue weighted by molar-refractivity contribution is 0.114. The van der Waals surface area contributed by atoms with Crippen LogP contribution in [-0.2, 0) is 0 Å². The third-order valence-electron chi connectivity index (χ3n) is 3.20. The standard InChI is InChI=1S/C13H18ClFN2O/c14-10-3-1-4-11(15)13(10)12(18)9-17-7-2-5-16-6-8-17/h1,3-4,12,16,18H,2,5-9H2. The maximum absolute atomic E-state index is 13.7. The summed E-state index contributed by atoms with van der Waals surface area (Å²) in [7, 11) is 0. The first-order valence-electron chi connectivity index (χ1n) is 6.23. The zero-order chi connectivity index (χ0) is 13.0. The van der Waals surface area contributed by atoms with Gasteiger partial charge < -0.3 is 10.4 Å². The van der Waals surface area contributed by atoms with Gasteiger partial charge >= 0.3 is 0 Å². The minimum Gasteiger partial charge on any atom is -0.387 e. The molecule has 0 aliphatic carbocycles. The van der Waals surface area contributed by atoms with E-state index in [9.17, 15) is 9.50 Å². The molecule has 1 fully saturated rings. The fraction of sp³-hybridized carbons (Fsp3) is 0.538. The van der Waals surface area contributed by atoms with E-state index in [0.29, 0.717) is 6.54 Å². The third kappa shape index (κ3) is 3.42. The van der Waals surface area contributed by atoms with Gasteiger partial charge in [-0.2, -0.15) is 0 Å².